The maximum Gasteiger partial charge on any atom is 0.170 e. The number of hydrogen-bond donors (Lipinski definition) is 0. The zero-order valence-electron chi connectivity index (χ0n) is 12.4. The smallest absolute Gasteiger partial charge is 0.170 e. The van der Waals surface area contributed by atoms with Crippen LogP contribution in [0, 0.1) is 0 Å². The van der Waals surface area contributed by atoms with Crippen LogP contribution in [0.25, 0.3) is 0 Å². The van der Waals surface area contributed by atoms with Crippen molar-refractivity contribution in [1.82, 2.24) is 4.90 Å². The van der Waals surface area contributed by atoms with Gasteiger partial charge in [0.25, 0.3) is 0 Å². The topological polar surface area (TPSA) is 40.2 Å². The van der Waals surface area contributed by atoms with Crippen molar-refractivity contribution < 1.29 is 18.9 Å². The SMILES string of the molecule is CCCCOCCOCCOC1CN(CC)CCO1. The minimum absolute atomic E-state index is 0.0990. The minimum atomic E-state index is -0.0990. The Bertz CT molecular complexity index is 204. The number of morpholine rings is 1. The van der Waals surface area contributed by atoms with E-state index in [1.807, 2.05) is 0 Å². The summed E-state index contributed by atoms with van der Waals surface area (Å²) in [7, 11) is 0. The van der Waals surface area contributed by atoms with Gasteiger partial charge in [-0.05, 0) is 13.0 Å². The van der Waals surface area contributed by atoms with Crippen LogP contribution in [-0.4, -0.2) is 70.5 Å². The molecule has 1 aliphatic heterocycles. The lowest BCUT2D eigenvalue weighted by Crippen LogP contribution is -2.43. The molecule has 0 spiro atoms. The normalized spacial score (nSPS) is 20.8. The highest BCUT2D eigenvalue weighted by Gasteiger charge is 2.19. The first-order valence-corrected chi connectivity index (χ1v) is 7.47. The van der Waals surface area contributed by atoms with Crippen LogP contribution in [0.1, 0.15) is 26.7 Å². The van der Waals surface area contributed by atoms with Crippen LogP contribution in [0.5, 0.6) is 0 Å². The Morgan fingerprint density at radius 3 is 2.53 bits per heavy atom. The van der Waals surface area contributed by atoms with Crippen LogP contribution in [-0.2, 0) is 18.9 Å². The Kier molecular flexibility index (Phi) is 10.3. The fourth-order valence-electron chi connectivity index (χ4n) is 1.86. The van der Waals surface area contributed by atoms with Gasteiger partial charge in [-0.3, -0.25) is 4.90 Å². The molecular formula is C14H29NO4. The Morgan fingerprint density at radius 1 is 1.05 bits per heavy atom. The van der Waals surface area contributed by atoms with Crippen LogP contribution >= 0.6 is 0 Å². The van der Waals surface area contributed by atoms with Gasteiger partial charge < -0.3 is 18.9 Å². The maximum absolute atomic E-state index is 5.63. The fourth-order valence-corrected chi connectivity index (χ4v) is 1.86. The second-order valence-corrected chi connectivity index (χ2v) is 4.64. The predicted octanol–water partition coefficient (Wildman–Crippen LogP) is 1.51. The molecule has 0 amide bonds. The molecule has 19 heavy (non-hydrogen) atoms. The molecule has 1 heterocycles. The summed E-state index contributed by atoms with van der Waals surface area (Å²) in [6.45, 7) is 11.3. The summed E-state index contributed by atoms with van der Waals surface area (Å²) < 4.78 is 22.0. The highest BCUT2D eigenvalue weighted by molar-refractivity contribution is 4.63. The molecule has 1 rings (SSSR count). The van der Waals surface area contributed by atoms with E-state index in [0.29, 0.717) is 26.4 Å². The third kappa shape index (κ3) is 8.55. The van der Waals surface area contributed by atoms with Gasteiger partial charge in [0.15, 0.2) is 6.29 Å². The largest absolute Gasteiger partial charge is 0.379 e. The highest BCUT2D eigenvalue weighted by atomic mass is 16.7. The molecule has 1 saturated heterocycles. The molecule has 0 radical (unpaired) electrons. The third-order valence-corrected chi connectivity index (χ3v) is 3.11. The van der Waals surface area contributed by atoms with E-state index in [2.05, 4.69) is 18.7 Å². The van der Waals surface area contributed by atoms with Gasteiger partial charge >= 0.3 is 0 Å². The Labute approximate surface area is 117 Å². The summed E-state index contributed by atoms with van der Waals surface area (Å²) >= 11 is 0. The molecule has 0 saturated carbocycles. The molecule has 0 bridgehead atoms. The van der Waals surface area contributed by atoms with E-state index >= 15 is 0 Å². The summed E-state index contributed by atoms with van der Waals surface area (Å²) in [5.74, 6) is 0. The molecule has 1 atom stereocenters. The van der Waals surface area contributed by atoms with Crippen molar-refractivity contribution in [2.45, 2.75) is 33.0 Å². The lowest BCUT2D eigenvalue weighted by atomic mass is 10.4. The molecule has 1 aliphatic rings. The molecule has 0 aromatic rings. The van der Waals surface area contributed by atoms with Crippen molar-refractivity contribution in [2.24, 2.45) is 0 Å². The summed E-state index contributed by atoms with van der Waals surface area (Å²) in [6.07, 6.45) is 2.19. The zero-order valence-corrected chi connectivity index (χ0v) is 12.4. The summed E-state index contributed by atoms with van der Waals surface area (Å²) in [5, 5.41) is 0. The maximum atomic E-state index is 5.63. The first-order valence-electron chi connectivity index (χ1n) is 7.47. The zero-order chi connectivity index (χ0) is 13.8. The van der Waals surface area contributed by atoms with Crippen LogP contribution < -0.4 is 0 Å². The van der Waals surface area contributed by atoms with Gasteiger partial charge in [0.1, 0.15) is 0 Å². The van der Waals surface area contributed by atoms with Crippen molar-refractivity contribution in [3.8, 4) is 0 Å². The van der Waals surface area contributed by atoms with Crippen LogP contribution in [0.2, 0.25) is 0 Å². The van der Waals surface area contributed by atoms with Crippen molar-refractivity contribution >= 4 is 0 Å². The molecule has 1 unspecified atom stereocenters. The Hall–Kier alpha value is -0.200. The molecule has 5 heteroatoms. The monoisotopic (exact) mass is 275 g/mol. The molecule has 1 fully saturated rings. The molecule has 0 N–H and O–H groups in total. The third-order valence-electron chi connectivity index (χ3n) is 3.11. The molecular weight excluding hydrogens is 246 g/mol. The number of hydrogen-bond acceptors (Lipinski definition) is 5. The van der Waals surface area contributed by atoms with Crippen molar-refractivity contribution in [2.75, 3.05) is 59.3 Å². The first kappa shape index (κ1) is 16.9. The number of unbranched alkanes of at least 4 members (excludes halogenated alkanes) is 1. The van der Waals surface area contributed by atoms with Crippen LogP contribution in [0.15, 0.2) is 0 Å². The molecule has 114 valence electrons. The average molecular weight is 275 g/mol. The van der Waals surface area contributed by atoms with E-state index in [9.17, 15) is 0 Å². The molecule has 0 aliphatic carbocycles. The van der Waals surface area contributed by atoms with Gasteiger partial charge in [0, 0.05) is 19.7 Å². The van der Waals surface area contributed by atoms with E-state index < -0.39 is 0 Å². The summed E-state index contributed by atoms with van der Waals surface area (Å²) in [6, 6.07) is 0. The second-order valence-electron chi connectivity index (χ2n) is 4.64. The lowest BCUT2D eigenvalue weighted by molar-refractivity contribution is -0.184. The molecule has 0 aromatic carbocycles. The number of likely N-dealkylation sites (N-methyl/N-ethyl adjacent to an activating group) is 1. The standard InChI is InChI=1S/C14H29NO4/c1-3-5-7-16-9-10-17-11-12-19-14-13-15(4-2)6-8-18-14/h14H,3-13H2,1-2H3. The Morgan fingerprint density at radius 2 is 1.79 bits per heavy atom. The Balaban J connectivity index is 1.85. The highest BCUT2D eigenvalue weighted by Crippen LogP contribution is 2.05. The van der Waals surface area contributed by atoms with Gasteiger partial charge in [0.2, 0.25) is 0 Å². The van der Waals surface area contributed by atoms with E-state index in [0.717, 1.165) is 39.3 Å². The van der Waals surface area contributed by atoms with Crippen molar-refractivity contribution in [3.63, 3.8) is 0 Å². The van der Waals surface area contributed by atoms with Crippen molar-refractivity contribution in [3.05, 3.63) is 0 Å². The number of rotatable bonds is 11. The van der Waals surface area contributed by atoms with Crippen LogP contribution in [0.4, 0.5) is 0 Å². The summed E-state index contributed by atoms with van der Waals surface area (Å²) in [4.78, 5) is 2.33. The molecule has 0 aromatic heterocycles. The fraction of sp³-hybridized carbons (Fsp3) is 1.00. The number of nitrogens with zero attached hydrogens (tertiary/aromatic N) is 1. The molecule has 5 nitrogen and oxygen atoms in total. The van der Waals surface area contributed by atoms with Gasteiger partial charge in [-0.15, -0.1) is 0 Å². The van der Waals surface area contributed by atoms with E-state index in [1.54, 1.807) is 0 Å². The first-order chi connectivity index (χ1) is 9.36. The van der Waals surface area contributed by atoms with Gasteiger partial charge in [-0.1, -0.05) is 20.3 Å². The second kappa shape index (κ2) is 11.6. The van der Waals surface area contributed by atoms with Gasteiger partial charge in [0.05, 0.1) is 33.0 Å². The van der Waals surface area contributed by atoms with E-state index in [4.69, 9.17) is 18.9 Å². The average Bonchev–Trinajstić information content (AvgIpc) is 2.46. The van der Waals surface area contributed by atoms with Gasteiger partial charge in [-0.2, -0.15) is 0 Å². The quantitative estimate of drug-likeness (QED) is 0.535. The number of ether oxygens (including phenoxy) is 4. The van der Waals surface area contributed by atoms with Crippen molar-refractivity contribution in [1.29, 1.82) is 0 Å². The lowest BCUT2D eigenvalue weighted by Gasteiger charge is -2.31. The van der Waals surface area contributed by atoms with E-state index in [1.165, 1.54) is 6.42 Å². The summed E-state index contributed by atoms with van der Waals surface area (Å²) in [5.41, 5.74) is 0. The minimum Gasteiger partial charge on any atom is -0.379 e. The predicted molar refractivity (Wildman–Crippen MR) is 74.4 cm³/mol. The van der Waals surface area contributed by atoms with E-state index in [-0.39, 0.29) is 6.29 Å². The van der Waals surface area contributed by atoms with Gasteiger partial charge in [-0.25, -0.2) is 0 Å². The van der Waals surface area contributed by atoms with Crippen LogP contribution in [0.3, 0.4) is 0 Å².